The Morgan fingerprint density at radius 3 is 2.81 bits per heavy atom. The minimum absolute atomic E-state index is 0.325. The van der Waals surface area contributed by atoms with Crippen LogP contribution in [0.4, 0.5) is 15.8 Å². The molecule has 21 heavy (non-hydrogen) atoms. The molecule has 0 unspecified atom stereocenters. The number of amides is 1. The van der Waals surface area contributed by atoms with E-state index in [4.69, 9.17) is 5.73 Å². The third kappa shape index (κ3) is 2.62. The van der Waals surface area contributed by atoms with Crippen molar-refractivity contribution in [2.24, 2.45) is 0 Å². The Balaban J connectivity index is 1.93. The fourth-order valence-electron chi connectivity index (χ4n) is 2.10. The molecular weight excluding hydrogens is 337 g/mol. The van der Waals surface area contributed by atoms with E-state index in [1.54, 1.807) is 30.5 Å². The van der Waals surface area contributed by atoms with Crippen LogP contribution in [0.25, 0.3) is 10.9 Å². The van der Waals surface area contributed by atoms with Gasteiger partial charge in [0.25, 0.3) is 5.91 Å². The number of nitrogens with one attached hydrogen (secondary N) is 2. The number of hydrogen-bond acceptors (Lipinski definition) is 2. The lowest BCUT2D eigenvalue weighted by Gasteiger charge is -2.05. The summed E-state index contributed by atoms with van der Waals surface area (Å²) >= 11 is 3.07. The van der Waals surface area contributed by atoms with Crippen molar-refractivity contribution in [3.05, 3.63) is 58.4 Å². The average molecular weight is 348 g/mol. The van der Waals surface area contributed by atoms with Gasteiger partial charge in [-0.2, -0.15) is 0 Å². The Bertz CT molecular complexity index is 844. The van der Waals surface area contributed by atoms with E-state index in [1.807, 2.05) is 0 Å². The van der Waals surface area contributed by atoms with Crippen LogP contribution in [0.5, 0.6) is 0 Å². The monoisotopic (exact) mass is 347 g/mol. The maximum absolute atomic E-state index is 13.5. The van der Waals surface area contributed by atoms with Crippen molar-refractivity contribution in [3.8, 4) is 0 Å². The molecule has 0 aliphatic rings. The van der Waals surface area contributed by atoms with Crippen LogP contribution in [0.15, 0.2) is 47.1 Å². The van der Waals surface area contributed by atoms with E-state index in [0.29, 0.717) is 21.4 Å². The molecule has 2 aromatic carbocycles. The fraction of sp³-hybridized carbons (Fsp3) is 0. The highest BCUT2D eigenvalue weighted by molar-refractivity contribution is 9.10. The van der Waals surface area contributed by atoms with Gasteiger partial charge in [0.2, 0.25) is 0 Å². The van der Waals surface area contributed by atoms with Crippen molar-refractivity contribution in [2.75, 3.05) is 11.1 Å². The van der Waals surface area contributed by atoms with E-state index in [-0.39, 0.29) is 5.91 Å². The first-order valence-electron chi connectivity index (χ1n) is 6.17. The third-order valence-electron chi connectivity index (χ3n) is 3.13. The summed E-state index contributed by atoms with van der Waals surface area (Å²) in [6.45, 7) is 0. The summed E-state index contributed by atoms with van der Waals surface area (Å²) in [7, 11) is 0. The quantitative estimate of drug-likeness (QED) is 0.615. The number of aromatic nitrogens is 1. The number of aromatic amines is 1. The fourth-order valence-corrected chi connectivity index (χ4v) is 2.35. The van der Waals surface area contributed by atoms with E-state index < -0.39 is 5.82 Å². The van der Waals surface area contributed by atoms with Gasteiger partial charge in [-0.25, -0.2) is 4.39 Å². The Morgan fingerprint density at radius 2 is 2.05 bits per heavy atom. The molecule has 0 aliphatic carbocycles. The molecule has 4 nitrogen and oxygen atoms in total. The number of carbonyl (C=O) groups is 1. The van der Waals surface area contributed by atoms with Gasteiger partial charge in [0, 0.05) is 28.5 Å². The smallest absolute Gasteiger partial charge is 0.257 e. The molecule has 0 bridgehead atoms. The number of hydrogen-bond donors (Lipinski definition) is 3. The van der Waals surface area contributed by atoms with Crippen molar-refractivity contribution in [2.45, 2.75) is 0 Å². The number of nitrogens with two attached hydrogens (primary N) is 1. The molecule has 0 spiro atoms. The van der Waals surface area contributed by atoms with Gasteiger partial charge < -0.3 is 16.0 Å². The predicted octanol–water partition coefficient (Wildman–Crippen LogP) is 3.90. The molecule has 4 N–H and O–H groups in total. The number of fused-ring (bicyclic) bond motifs is 1. The standard InChI is InChI=1S/C15H11BrFN3O/c16-12-3-2-9(6-13(12)17)20-15(21)11-7-19-14-4-1-8(18)5-10(11)14/h1-7,19H,18H2,(H,20,21). The van der Waals surface area contributed by atoms with Gasteiger partial charge in [-0.1, -0.05) is 0 Å². The van der Waals surface area contributed by atoms with E-state index >= 15 is 0 Å². The maximum Gasteiger partial charge on any atom is 0.257 e. The molecule has 6 heteroatoms. The molecule has 0 saturated carbocycles. The largest absolute Gasteiger partial charge is 0.399 e. The van der Waals surface area contributed by atoms with Crippen LogP contribution in [-0.2, 0) is 0 Å². The third-order valence-corrected chi connectivity index (χ3v) is 3.77. The zero-order chi connectivity index (χ0) is 15.0. The molecule has 3 aromatic rings. The molecule has 0 atom stereocenters. The lowest BCUT2D eigenvalue weighted by Crippen LogP contribution is -2.11. The van der Waals surface area contributed by atoms with Gasteiger partial charge in [0.05, 0.1) is 10.0 Å². The summed E-state index contributed by atoms with van der Waals surface area (Å²) in [5, 5.41) is 3.39. The Hall–Kier alpha value is -2.34. The Kier molecular flexibility index (Phi) is 3.39. The lowest BCUT2D eigenvalue weighted by molar-refractivity contribution is 0.102. The SMILES string of the molecule is Nc1ccc2[nH]cc(C(=O)Nc3ccc(Br)c(F)c3)c2c1. The minimum atomic E-state index is -0.434. The van der Waals surface area contributed by atoms with Crippen LogP contribution in [0.2, 0.25) is 0 Å². The van der Waals surface area contributed by atoms with Gasteiger partial charge in [0.15, 0.2) is 0 Å². The van der Waals surface area contributed by atoms with E-state index in [0.717, 1.165) is 10.9 Å². The summed E-state index contributed by atoms with van der Waals surface area (Å²) in [4.78, 5) is 15.3. The molecular formula is C15H11BrFN3O. The van der Waals surface area contributed by atoms with Crippen molar-refractivity contribution >= 4 is 44.1 Å². The second-order valence-corrected chi connectivity index (χ2v) is 5.44. The molecule has 3 rings (SSSR count). The van der Waals surface area contributed by atoms with Crippen LogP contribution in [-0.4, -0.2) is 10.9 Å². The first-order chi connectivity index (χ1) is 10.0. The van der Waals surface area contributed by atoms with Crippen molar-refractivity contribution in [3.63, 3.8) is 0 Å². The van der Waals surface area contributed by atoms with E-state index in [1.165, 1.54) is 12.1 Å². The molecule has 0 saturated heterocycles. The highest BCUT2D eigenvalue weighted by Gasteiger charge is 2.13. The van der Waals surface area contributed by atoms with Gasteiger partial charge in [-0.3, -0.25) is 4.79 Å². The first kappa shape index (κ1) is 13.6. The molecule has 0 fully saturated rings. The number of anilines is 2. The topological polar surface area (TPSA) is 70.9 Å². The molecule has 0 radical (unpaired) electrons. The highest BCUT2D eigenvalue weighted by Crippen LogP contribution is 2.23. The van der Waals surface area contributed by atoms with Crippen molar-refractivity contribution in [1.82, 2.24) is 4.98 Å². The van der Waals surface area contributed by atoms with Crippen molar-refractivity contribution in [1.29, 1.82) is 0 Å². The number of rotatable bonds is 2. The second kappa shape index (κ2) is 5.21. The number of benzene rings is 2. The molecule has 1 heterocycles. The highest BCUT2D eigenvalue weighted by atomic mass is 79.9. The van der Waals surface area contributed by atoms with Crippen molar-refractivity contribution < 1.29 is 9.18 Å². The van der Waals surface area contributed by atoms with E-state index in [9.17, 15) is 9.18 Å². The van der Waals surface area contributed by atoms with Gasteiger partial charge in [0.1, 0.15) is 5.82 Å². The van der Waals surface area contributed by atoms with Crippen LogP contribution in [0.1, 0.15) is 10.4 Å². The summed E-state index contributed by atoms with van der Waals surface area (Å²) in [6, 6.07) is 9.70. The maximum atomic E-state index is 13.5. The second-order valence-electron chi connectivity index (χ2n) is 4.59. The van der Waals surface area contributed by atoms with Crippen LogP contribution in [0, 0.1) is 5.82 Å². The normalized spacial score (nSPS) is 10.8. The lowest BCUT2D eigenvalue weighted by atomic mass is 10.1. The molecule has 1 aromatic heterocycles. The van der Waals surface area contributed by atoms with E-state index in [2.05, 4.69) is 26.2 Å². The van der Waals surface area contributed by atoms with Crippen LogP contribution < -0.4 is 11.1 Å². The van der Waals surface area contributed by atoms with Gasteiger partial charge >= 0.3 is 0 Å². The van der Waals surface area contributed by atoms with Gasteiger partial charge in [-0.05, 0) is 52.3 Å². The summed E-state index contributed by atoms with van der Waals surface area (Å²) < 4.78 is 13.8. The van der Waals surface area contributed by atoms with Crippen LogP contribution >= 0.6 is 15.9 Å². The summed E-state index contributed by atoms with van der Waals surface area (Å²) in [6.07, 6.45) is 1.61. The average Bonchev–Trinajstić information content (AvgIpc) is 2.86. The number of carbonyl (C=O) groups excluding carboxylic acids is 1. The summed E-state index contributed by atoms with van der Waals surface area (Å²) in [5.41, 5.74) is 7.98. The minimum Gasteiger partial charge on any atom is -0.399 e. The Morgan fingerprint density at radius 1 is 1.24 bits per heavy atom. The van der Waals surface area contributed by atoms with Gasteiger partial charge in [-0.15, -0.1) is 0 Å². The number of halogens is 2. The van der Waals surface area contributed by atoms with Crippen LogP contribution in [0.3, 0.4) is 0 Å². The number of H-pyrrole nitrogens is 1. The number of nitrogen functional groups attached to an aromatic ring is 1. The molecule has 0 aliphatic heterocycles. The Labute approximate surface area is 128 Å². The molecule has 106 valence electrons. The molecule has 1 amide bonds. The predicted molar refractivity (Wildman–Crippen MR) is 84.8 cm³/mol. The first-order valence-corrected chi connectivity index (χ1v) is 6.97. The summed E-state index contributed by atoms with van der Waals surface area (Å²) in [5.74, 6) is -0.760. The zero-order valence-electron chi connectivity index (χ0n) is 10.8. The zero-order valence-corrected chi connectivity index (χ0v) is 12.4.